The molecule has 2 rings (SSSR count). The number of carbonyl (C=O) groups is 1. The van der Waals surface area contributed by atoms with Gasteiger partial charge in [-0.1, -0.05) is 30.3 Å². The molecule has 1 aliphatic rings. The fourth-order valence-electron chi connectivity index (χ4n) is 2.38. The molecule has 0 radical (unpaired) electrons. The van der Waals surface area contributed by atoms with Crippen molar-refractivity contribution in [3.63, 3.8) is 0 Å². The van der Waals surface area contributed by atoms with Gasteiger partial charge in [0.05, 0.1) is 0 Å². The van der Waals surface area contributed by atoms with E-state index in [1.165, 1.54) is 5.56 Å². The fourth-order valence-corrected chi connectivity index (χ4v) is 3.28. The van der Waals surface area contributed by atoms with Gasteiger partial charge in [0, 0.05) is 24.0 Å². The number of amides is 1. The van der Waals surface area contributed by atoms with E-state index in [1.54, 1.807) is 0 Å². The lowest BCUT2D eigenvalue weighted by Gasteiger charge is -2.29. The van der Waals surface area contributed by atoms with Crippen LogP contribution in [-0.2, 0) is 10.5 Å². The molecule has 0 saturated carbocycles. The first-order valence-electron chi connectivity index (χ1n) is 7.33. The highest BCUT2D eigenvalue weighted by molar-refractivity contribution is 7.98. The Hall–Kier alpha value is -1.00. The SMILES string of the molecule is CN1CCC(NC(=O)CCSCc2ccccc2)CC1. The van der Waals surface area contributed by atoms with E-state index >= 15 is 0 Å². The molecule has 1 N–H and O–H groups in total. The van der Waals surface area contributed by atoms with Crippen LogP contribution in [0, 0.1) is 0 Å². The van der Waals surface area contributed by atoms with Gasteiger partial charge in [0.25, 0.3) is 0 Å². The van der Waals surface area contributed by atoms with Gasteiger partial charge >= 0.3 is 0 Å². The van der Waals surface area contributed by atoms with Crippen molar-refractivity contribution in [1.82, 2.24) is 10.2 Å². The molecule has 1 amide bonds. The third kappa shape index (κ3) is 5.55. The molecule has 0 atom stereocenters. The van der Waals surface area contributed by atoms with Crippen LogP contribution in [0.1, 0.15) is 24.8 Å². The van der Waals surface area contributed by atoms with E-state index in [4.69, 9.17) is 0 Å². The Morgan fingerprint density at radius 1 is 1.30 bits per heavy atom. The van der Waals surface area contributed by atoms with Gasteiger partial charge in [0.15, 0.2) is 0 Å². The Bertz CT molecular complexity index is 402. The number of thioether (sulfide) groups is 1. The lowest BCUT2D eigenvalue weighted by Crippen LogP contribution is -2.43. The molecule has 1 saturated heterocycles. The molecule has 110 valence electrons. The molecule has 1 aromatic rings. The maximum absolute atomic E-state index is 11.9. The highest BCUT2D eigenvalue weighted by atomic mass is 32.2. The van der Waals surface area contributed by atoms with Crippen LogP contribution >= 0.6 is 11.8 Å². The second-order valence-electron chi connectivity index (χ2n) is 5.43. The summed E-state index contributed by atoms with van der Waals surface area (Å²) in [7, 11) is 2.14. The Kier molecular flexibility index (Phi) is 6.40. The van der Waals surface area contributed by atoms with Gasteiger partial charge < -0.3 is 10.2 Å². The van der Waals surface area contributed by atoms with Crippen LogP contribution in [0.3, 0.4) is 0 Å². The minimum Gasteiger partial charge on any atom is -0.353 e. The molecular weight excluding hydrogens is 268 g/mol. The van der Waals surface area contributed by atoms with E-state index in [0.717, 1.165) is 37.4 Å². The van der Waals surface area contributed by atoms with Gasteiger partial charge in [-0.3, -0.25) is 4.79 Å². The Morgan fingerprint density at radius 3 is 2.70 bits per heavy atom. The number of nitrogens with zero attached hydrogens (tertiary/aromatic N) is 1. The van der Waals surface area contributed by atoms with E-state index in [-0.39, 0.29) is 5.91 Å². The van der Waals surface area contributed by atoms with Gasteiger partial charge in [-0.25, -0.2) is 0 Å². The molecule has 0 spiro atoms. The van der Waals surface area contributed by atoms with E-state index in [2.05, 4.69) is 41.5 Å². The molecule has 1 heterocycles. The normalized spacial score (nSPS) is 17.1. The zero-order valence-electron chi connectivity index (χ0n) is 12.2. The number of rotatable bonds is 6. The van der Waals surface area contributed by atoms with Crippen molar-refractivity contribution in [1.29, 1.82) is 0 Å². The molecule has 3 nitrogen and oxygen atoms in total. The van der Waals surface area contributed by atoms with E-state index < -0.39 is 0 Å². The minimum absolute atomic E-state index is 0.208. The van der Waals surface area contributed by atoms with Crippen molar-refractivity contribution in [3.8, 4) is 0 Å². The summed E-state index contributed by atoms with van der Waals surface area (Å²) in [5.41, 5.74) is 1.33. The Balaban J connectivity index is 1.56. The maximum Gasteiger partial charge on any atom is 0.221 e. The molecule has 0 aromatic heterocycles. The molecule has 1 aromatic carbocycles. The molecule has 0 bridgehead atoms. The summed E-state index contributed by atoms with van der Waals surface area (Å²) in [6, 6.07) is 10.8. The van der Waals surface area contributed by atoms with Crippen molar-refractivity contribution in [2.45, 2.75) is 31.1 Å². The quantitative estimate of drug-likeness (QED) is 0.818. The summed E-state index contributed by atoms with van der Waals surface area (Å²) in [5, 5.41) is 3.16. The van der Waals surface area contributed by atoms with Crippen LogP contribution < -0.4 is 5.32 Å². The zero-order valence-corrected chi connectivity index (χ0v) is 13.0. The summed E-state index contributed by atoms with van der Waals surface area (Å²) in [5.74, 6) is 2.09. The second kappa shape index (κ2) is 8.32. The molecule has 0 unspecified atom stereocenters. The predicted octanol–water partition coefficient (Wildman–Crippen LogP) is 2.52. The summed E-state index contributed by atoms with van der Waals surface area (Å²) >= 11 is 1.83. The standard InChI is InChI=1S/C16H24N2OS/c1-18-10-7-15(8-11-18)17-16(19)9-12-20-13-14-5-3-2-4-6-14/h2-6,15H,7-13H2,1H3,(H,17,19). The van der Waals surface area contributed by atoms with Crippen LogP contribution in [0.5, 0.6) is 0 Å². The Labute approximate surface area is 126 Å². The van der Waals surface area contributed by atoms with Crippen molar-refractivity contribution in [2.24, 2.45) is 0 Å². The highest BCUT2D eigenvalue weighted by Gasteiger charge is 2.17. The summed E-state index contributed by atoms with van der Waals surface area (Å²) < 4.78 is 0. The van der Waals surface area contributed by atoms with Crippen molar-refractivity contribution >= 4 is 17.7 Å². The lowest BCUT2D eigenvalue weighted by atomic mass is 10.1. The Morgan fingerprint density at radius 2 is 2.00 bits per heavy atom. The van der Waals surface area contributed by atoms with Crippen molar-refractivity contribution in [2.75, 3.05) is 25.9 Å². The third-order valence-corrected chi connectivity index (χ3v) is 4.70. The third-order valence-electron chi connectivity index (χ3n) is 3.67. The monoisotopic (exact) mass is 292 g/mol. The smallest absolute Gasteiger partial charge is 0.221 e. The molecule has 0 aliphatic carbocycles. The van der Waals surface area contributed by atoms with E-state index in [1.807, 2.05) is 17.8 Å². The highest BCUT2D eigenvalue weighted by Crippen LogP contribution is 2.13. The second-order valence-corrected chi connectivity index (χ2v) is 6.54. The van der Waals surface area contributed by atoms with Crippen molar-refractivity contribution in [3.05, 3.63) is 35.9 Å². The van der Waals surface area contributed by atoms with Gasteiger partial charge in [0.1, 0.15) is 0 Å². The first kappa shape index (κ1) is 15.4. The molecular formula is C16H24N2OS. The van der Waals surface area contributed by atoms with Gasteiger partial charge in [-0.05, 0) is 38.5 Å². The molecule has 1 aliphatic heterocycles. The number of benzene rings is 1. The van der Waals surface area contributed by atoms with Gasteiger partial charge in [-0.15, -0.1) is 0 Å². The fraction of sp³-hybridized carbons (Fsp3) is 0.562. The lowest BCUT2D eigenvalue weighted by molar-refractivity contribution is -0.121. The molecule has 4 heteroatoms. The number of likely N-dealkylation sites (tertiary alicyclic amines) is 1. The summed E-state index contributed by atoms with van der Waals surface area (Å²) in [4.78, 5) is 14.2. The largest absolute Gasteiger partial charge is 0.353 e. The van der Waals surface area contributed by atoms with Gasteiger partial charge in [0.2, 0.25) is 5.91 Å². The topological polar surface area (TPSA) is 32.3 Å². The first-order chi connectivity index (χ1) is 9.74. The minimum atomic E-state index is 0.208. The number of hydrogen-bond acceptors (Lipinski definition) is 3. The van der Waals surface area contributed by atoms with Crippen LogP contribution in [0.4, 0.5) is 0 Å². The number of carbonyl (C=O) groups excluding carboxylic acids is 1. The average molecular weight is 292 g/mol. The van der Waals surface area contributed by atoms with Gasteiger partial charge in [-0.2, -0.15) is 11.8 Å². The van der Waals surface area contributed by atoms with Crippen molar-refractivity contribution < 1.29 is 4.79 Å². The van der Waals surface area contributed by atoms with Crippen LogP contribution in [0.2, 0.25) is 0 Å². The van der Waals surface area contributed by atoms with E-state index in [9.17, 15) is 4.79 Å². The van der Waals surface area contributed by atoms with E-state index in [0.29, 0.717) is 12.5 Å². The summed E-state index contributed by atoms with van der Waals surface area (Å²) in [6.45, 7) is 2.18. The number of nitrogens with one attached hydrogen (secondary N) is 1. The van der Waals surface area contributed by atoms with Crippen LogP contribution in [-0.4, -0.2) is 42.7 Å². The van der Waals surface area contributed by atoms with Crippen LogP contribution in [0.15, 0.2) is 30.3 Å². The number of hydrogen-bond donors (Lipinski definition) is 1. The summed E-state index contributed by atoms with van der Waals surface area (Å²) in [6.07, 6.45) is 2.79. The van der Waals surface area contributed by atoms with Crippen LogP contribution in [0.25, 0.3) is 0 Å². The molecule has 1 fully saturated rings. The zero-order chi connectivity index (χ0) is 14.2. The number of piperidine rings is 1. The maximum atomic E-state index is 11.9. The predicted molar refractivity (Wildman–Crippen MR) is 85.9 cm³/mol. The first-order valence-corrected chi connectivity index (χ1v) is 8.49. The molecule has 20 heavy (non-hydrogen) atoms. The average Bonchev–Trinajstić information content (AvgIpc) is 2.47.